The molecule has 1 aliphatic carbocycles. The Morgan fingerprint density at radius 2 is 2.26 bits per heavy atom. The molecule has 2 heterocycles. The first-order chi connectivity index (χ1) is 15.1. The minimum Gasteiger partial charge on any atom is -0.480 e. The van der Waals surface area contributed by atoms with E-state index in [9.17, 15) is 0 Å². The van der Waals surface area contributed by atoms with Crippen molar-refractivity contribution in [3.05, 3.63) is 78.5 Å². The Hall–Kier alpha value is -2.62. The lowest BCUT2D eigenvalue weighted by Gasteiger charge is -2.54. The van der Waals surface area contributed by atoms with Gasteiger partial charge in [-0.2, -0.15) is 0 Å². The first-order valence-corrected chi connectivity index (χ1v) is 11.9. The van der Waals surface area contributed by atoms with E-state index >= 15 is 0 Å². The van der Waals surface area contributed by atoms with E-state index in [0.717, 1.165) is 70.5 Å². The third-order valence-electron chi connectivity index (χ3n) is 6.92. The summed E-state index contributed by atoms with van der Waals surface area (Å²) < 4.78 is 5.69. The number of nitrogens with one attached hydrogen (secondary N) is 2. The molecule has 2 N–H and O–H groups in total. The van der Waals surface area contributed by atoms with Gasteiger partial charge in [-0.05, 0) is 61.8 Å². The lowest BCUT2D eigenvalue weighted by atomic mass is 9.75. The van der Waals surface area contributed by atoms with Gasteiger partial charge in [0.25, 0.3) is 0 Å². The zero-order valence-electron chi connectivity index (χ0n) is 19.0. The van der Waals surface area contributed by atoms with Crippen LogP contribution in [0.4, 0.5) is 0 Å². The number of allylic oxidation sites excluding steroid dienone is 4. The fraction of sp³-hybridized carbons (Fsp3) is 0.481. The maximum Gasteiger partial charge on any atom is 0.179 e. The van der Waals surface area contributed by atoms with Crippen molar-refractivity contribution >= 4 is 5.57 Å². The lowest BCUT2D eigenvalue weighted by Crippen LogP contribution is -2.66. The number of hydrogen-bond donors (Lipinski definition) is 2. The van der Waals surface area contributed by atoms with Gasteiger partial charge in [0.1, 0.15) is 0 Å². The van der Waals surface area contributed by atoms with Crippen LogP contribution in [0.5, 0.6) is 0 Å². The Morgan fingerprint density at radius 3 is 3.03 bits per heavy atom. The van der Waals surface area contributed by atoms with E-state index in [4.69, 9.17) is 4.74 Å². The standard InChI is InChI=1S/C27H37N3O/c1-4-16-28-21(2)30-17-9-14-27(15-18-31-22(3)29-27)26(30)20-23-10-8-13-25(19-23)24-11-6-5-7-12-24/h5-6,8,10-11,13,19,26,28-29H,2-4,7,9,12,14-18,20H2,1H3. The quantitative estimate of drug-likeness (QED) is 0.643. The first-order valence-electron chi connectivity index (χ1n) is 11.9. The van der Waals surface area contributed by atoms with Crippen LogP contribution in [0, 0.1) is 0 Å². The van der Waals surface area contributed by atoms with Gasteiger partial charge in [0.05, 0.1) is 24.0 Å². The highest BCUT2D eigenvalue weighted by atomic mass is 16.5. The van der Waals surface area contributed by atoms with Gasteiger partial charge in [-0.3, -0.25) is 0 Å². The molecule has 0 amide bonds. The summed E-state index contributed by atoms with van der Waals surface area (Å²) in [5.74, 6) is 1.75. The summed E-state index contributed by atoms with van der Waals surface area (Å²) >= 11 is 0. The van der Waals surface area contributed by atoms with E-state index in [1.165, 1.54) is 16.7 Å². The highest BCUT2D eigenvalue weighted by Crippen LogP contribution is 2.37. The minimum atomic E-state index is -0.0345. The largest absolute Gasteiger partial charge is 0.480 e. The summed E-state index contributed by atoms with van der Waals surface area (Å²) in [6.07, 6.45) is 14.3. The van der Waals surface area contributed by atoms with E-state index in [2.05, 4.69) is 78.1 Å². The van der Waals surface area contributed by atoms with Crippen LogP contribution in [0.25, 0.3) is 5.57 Å². The molecule has 31 heavy (non-hydrogen) atoms. The number of benzene rings is 1. The van der Waals surface area contributed by atoms with Gasteiger partial charge in [-0.1, -0.05) is 56.0 Å². The number of ether oxygens (including phenoxy) is 1. The van der Waals surface area contributed by atoms with Crippen LogP contribution in [0.2, 0.25) is 0 Å². The van der Waals surface area contributed by atoms with Crippen molar-refractivity contribution in [2.45, 2.75) is 63.5 Å². The zero-order chi connectivity index (χ0) is 21.7. The third-order valence-corrected chi connectivity index (χ3v) is 6.92. The van der Waals surface area contributed by atoms with Crippen LogP contribution in [0.3, 0.4) is 0 Å². The molecule has 1 spiro atoms. The van der Waals surface area contributed by atoms with Crippen LogP contribution in [-0.2, 0) is 11.2 Å². The highest BCUT2D eigenvalue weighted by molar-refractivity contribution is 5.68. The SMILES string of the molecule is C=C1NC2(CCCN(C(=C)NCCC)C2Cc2cccc(C3=CC=CCC3)c2)CCO1. The Balaban J connectivity index is 1.63. The Bertz CT molecular complexity index is 867. The van der Waals surface area contributed by atoms with Crippen LogP contribution in [0.15, 0.2) is 67.4 Å². The fourth-order valence-corrected chi connectivity index (χ4v) is 5.32. The van der Waals surface area contributed by atoms with E-state index in [-0.39, 0.29) is 5.54 Å². The smallest absolute Gasteiger partial charge is 0.179 e. The molecule has 0 saturated carbocycles. The Labute approximate surface area is 187 Å². The molecule has 2 unspecified atom stereocenters. The van der Waals surface area contributed by atoms with Gasteiger partial charge in [-0.15, -0.1) is 0 Å². The summed E-state index contributed by atoms with van der Waals surface area (Å²) in [5.41, 5.74) is 4.14. The van der Waals surface area contributed by atoms with Crippen molar-refractivity contribution in [1.82, 2.24) is 15.5 Å². The van der Waals surface area contributed by atoms with Crippen LogP contribution < -0.4 is 10.6 Å². The van der Waals surface area contributed by atoms with E-state index in [1.54, 1.807) is 0 Å². The average molecular weight is 420 g/mol. The molecule has 2 aliphatic heterocycles. The summed E-state index contributed by atoms with van der Waals surface area (Å²) in [6, 6.07) is 9.43. The molecule has 2 saturated heterocycles. The van der Waals surface area contributed by atoms with Gasteiger partial charge in [0, 0.05) is 19.5 Å². The molecule has 0 radical (unpaired) electrons. The molecule has 0 bridgehead atoms. The maximum absolute atomic E-state index is 5.69. The zero-order valence-corrected chi connectivity index (χ0v) is 19.0. The van der Waals surface area contributed by atoms with Crippen LogP contribution in [-0.4, -0.2) is 36.2 Å². The minimum absolute atomic E-state index is 0.0345. The number of rotatable bonds is 7. The van der Waals surface area contributed by atoms with Gasteiger partial charge in [0.15, 0.2) is 5.88 Å². The summed E-state index contributed by atoms with van der Waals surface area (Å²) in [6.45, 7) is 13.4. The summed E-state index contributed by atoms with van der Waals surface area (Å²) in [7, 11) is 0. The van der Waals surface area contributed by atoms with Crippen molar-refractivity contribution in [3.63, 3.8) is 0 Å². The molecular weight excluding hydrogens is 382 g/mol. The second-order valence-electron chi connectivity index (χ2n) is 9.05. The summed E-state index contributed by atoms with van der Waals surface area (Å²) in [5, 5.41) is 7.22. The Kier molecular flexibility index (Phi) is 6.74. The van der Waals surface area contributed by atoms with Crippen molar-refractivity contribution < 1.29 is 4.74 Å². The molecule has 0 aromatic heterocycles. The van der Waals surface area contributed by atoms with Crippen LogP contribution >= 0.6 is 0 Å². The number of piperidine rings is 1. The fourth-order valence-electron chi connectivity index (χ4n) is 5.32. The molecule has 2 fully saturated rings. The number of hydrogen-bond acceptors (Lipinski definition) is 4. The highest BCUT2D eigenvalue weighted by Gasteiger charge is 2.47. The topological polar surface area (TPSA) is 36.5 Å². The lowest BCUT2D eigenvalue weighted by molar-refractivity contribution is 0.00174. The molecule has 2 atom stereocenters. The average Bonchev–Trinajstić information content (AvgIpc) is 2.80. The molecule has 4 rings (SSSR count). The number of likely N-dealkylation sites (tertiary alicyclic amines) is 1. The molecule has 1 aromatic rings. The molecule has 166 valence electrons. The molecule has 4 heteroatoms. The third kappa shape index (κ3) is 4.84. The number of nitrogens with zero attached hydrogens (tertiary/aromatic N) is 1. The monoisotopic (exact) mass is 419 g/mol. The maximum atomic E-state index is 5.69. The predicted molar refractivity (Wildman–Crippen MR) is 129 cm³/mol. The van der Waals surface area contributed by atoms with Gasteiger partial charge in [-0.25, -0.2) is 0 Å². The molecule has 1 aromatic carbocycles. The van der Waals surface area contributed by atoms with Crippen LogP contribution in [0.1, 0.15) is 56.6 Å². The van der Waals surface area contributed by atoms with Gasteiger partial charge < -0.3 is 20.3 Å². The van der Waals surface area contributed by atoms with Crippen molar-refractivity contribution in [1.29, 1.82) is 0 Å². The van der Waals surface area contributed by atoms with Crippen molar-refractivity contribution in [2.75, 3.05) is 19.7 Å². The van der Waals surface area contributed by atoms with E-state index in [0.29, 0.717) is 11.9 Å². The first kappa shape index (κ1) is 21.6. The molecule has 4 nitrogen and oxygen atoms in total. The van der Waals surface area contributed by atoms with Crippen molar-refractivity contribution in [3.8, 4) is 0 Å². The molecule has 3 aliphatic rings. The van der Waals surface area contributed by atoms with Gasteiger partial charge in [0.2, 0.25) is 0 Å². The predicted octanol–water partition coefficient (Wildman–Crippen LogP) is 5.12. The second-order valence-corrected chi connectivity index (χ2v) is 9.05. The van der Waals surface area contributed by atoms with E-state index < -0.39 is 0 Å². The van der Waals surface area contributed by atoms with Crippen molar-refractivity contribution in [2.24, 2.45) is 0 Å². The van der Waals surface area contributed by atoms with E-state index in [1.807, 2.05) is 0 Å². The van der Waals surface area contributed by atoms with Gasteiger partial charge >= 0.3 is 0 Å². The normalized spacial score (nSPS) is 25.6. The molecular formula is C27H37N3O. The Morgan fingerprint density at radius 1 is 1.35 bits per heavy atom. The second kappa shape index (κ2) is 9.67. The summed E-state index contributed by atoms with van der Waals surface area (Å²) in [4.78, 5) is 2.50.